The molecule has 0 unspecified atom stereocenters. The van der Waals surface area contributed by atoms with E-state index in [2.05, 4.69) is 5.32 Å². The Balaban J connectivity index is 2.92. The predicted molar refractivity (Wildman–Crippen MR) is 99.2 cm³/mol. The van der Waals surface area contributed by atoms with Crippen LogP contribution in [0.25, 0.3) is 0 Å². The van der Waals surface area contributed by atoms with E-state index in [4.69, 9.17) is 23.2 Å². The van der Waals surface area contributed by atoms with Gasteiger partial charge in [-0.1, -0.05) is 50.0 Å². The lowest BCUT2D eigenvalue weighted by Crippen LogP contribution is -2.48. The Labute approximate surface area is 154 Å². The average Bonchev–Trinajstić information content (AvgIpc) is 2.53. The topological polar surface area (TPSA) is 49.4 Å². The molecule has 1 rings (SSSR count). The highest BCUT2D eigenvalue weighted by atomic mass is 35.5. The van der Waals surface area contributed by atoms with Crippen LogP contribution in [-0.4, -0.2) is 29.3 Å². The maximum absolute atomic E-state index is 12.5. The molecule has 0 aliphatic heterocycles. The van der Waals surface area contributed by atoms with Crippen LogP contribution in [0.1, 0.15) is 46.1 Å². The summed E-state index contributed by atoms with van der Waals surface area (Å²) >= 11 is 12.0. The number of nitrogens with zero attached hydrogens (tertiary/aromatic N) is 1. The molecule has 134 valence electrons. The molecule has 1 aromatic carbocycles. The lowest BCUT2D eigenvalue weighted by Gasteiger charge is -2.29. The number of nitrogens with one attached hydrogen (secondary N) is 1. The molecule has 4 nitrogen and oxygen atoms in total. The summed E-state index contributed by atoms with van der Waals surface area (Å²) < 4.78 is 0. The van der Waals surface area contributed by atoms with Gasteiger partial charge in [0, 0.05) is 19.5 Å². The maximum atomic E-state index is 12.5. The van der Waals surface area contributed by atoms with Crippen molar-refractivity contribution in [2.24, 2.45) is 5.92 Å². The second-order valence-electron chi connectivity index (χ2n) is 6.34. The first-order valence-electron chi connectivity index (χ1n) is 8.27. The van der Waals surface area contributed by atoms with Crippen molar-refractivity contribution in [1.29, 1.82) is 0 Å². The Hall–Kier alpha value is -1.26. The highest BCUT2D eigenvalue weighted by Gasteiger charge is 2.25. The van der Waals surface area contributed by atoms with Gasteiger partial charge >= 0.3 is 0 Å². The minimum Gasteiger partial charge on any atom is -0.354 e. The Kier molecular flexibility index (Phi) is 8.57. The van der Waals surface area contributed by atoms with E-state index in [1.165, 1.54) is 0 Å². The first kappa shape index (κ1) is 20.8. The molecule has 1 N–H and O–H groups in total. The van der Waals surface area contributed by atoms with Gasteiger partial charge in [-0.2, -0.15) is 0 Å². The third kappa shape index (κ3) is 6.33. The largest absolute Gasteiger partial charge is 0.354 e. The zero-order valence-corrected chi connectivity index (χ0v) is 16.2. The van der Waals surface area contributed by atoms with Crippen LogP contribution >= 0.6 is 23.2 Å². The molecule has 0 fully saturated rings. The second-order valence-corrected chi connectivity index (χ2v) is 7.15. The molecule has 1 atom stereocenters. The number of carbonyl (C=O) groups excluding carboxylic acids is 2. The van der Waals surface area contributed by atoms with Crippen LogP contribution < -0.4 is 5.32 Å². The van der Waals surface area contributed by atoms with Gasteiger partial charge in [0.15, 0.2) is 0 Å². The highest BCUT2D eigenvalue weighted by molar-refractivity contribution is 6.42. The van der Waals surface area contributed by atoms with Crippen molar-refractivity contribution < 1.29 is 9.59 Å². The monoisotopic (exact) mass is 372 g/mol. The van der Waals surface area contributed by atoms with Crippen molar-refractivity contribution in [2.45, 2.75) is 53.1 Å². The summed E-state index contributed by atoms with van der Waals surface area (Å²) in [6.45, 7) is 8.67. The van der Waals surface area contributed by atoms with Crippen LogP contribution in [0.3, 0.4) is 0 Å². The number of hydrogen-bond acceptors (Lipinski definition) is 2. The maximum Gasteiger partial charge on any atom is 0.242 e. The number of rotatable bonds is 8. The minimum absolute atomic E-state index is 0.0456. The highest BCUT2D eigenvalue weighted by Crippen LogP contribution is 2.24. The van der Waals surface area contributed by atoms with Crippen molar-refractivity contribution in [3.63, 3.8) is 0 Å². The standard InChI is InChI=1S/C18H26Cl2N2O2/c1-5-6-17(23)22(13(4)18(24)21-10-12(2)3)11-14-7-8-15(19)16(20)9-14/h7-9,12-13H,5-6,10-11H2,1-4H3,(H,21,24)/t13-/m1/s1. The molecule has 24 heavy (non-hydrogen) atoms. The van der Waals surface area contributed by atoms with Crippen LogP contribution in [0, 0.1) is 5.92 Å². The van der Waals surface area contributed by atoms with E-state index < -0.39 is 6.04 Å². The first-order chi connectivity index (χ1) is 11.3. The van der Waals surface area contributed by atoms with Gasteiger partial charge < -0.3 is 10.2 Å². The Morgan fingerprint density at radius 2 is 1.83 bits per heavy atom. The molecule has 0 radical (unpaired) electrons. The fourth-order valence-electron chi connectivity index (χ4n) is 2.23. The van der Waals surface area contributed by atoms with Crippen molar-refractivity contribution in [3.8, 4) is 0 Å². The summed E-state index contributed by atoms with van der Waals surface area (Å²) in [6, 6.07) is 4.71. The number of hydrogen-bond donors (Lipinski definition) is 1. The van der Waals surface area contributed by atoms with Gasteiger partial charge in [-0.3, -0.25) is 9.59 Å². The van der Waals surface area contributed by atoms with Crippen LogP contribution in [0.15, 0.2) is 18.2 Å². The molecule has 0 aliphatic carbocycles. The summed E-state index contributed by atoms with van der Waals surface area (Å²) in [6.07, 6.45) is 1.14. The van der Waals surface area contributed by atoms with Crippen molar-refractivity contribution >= 4 is 35.0 Å². The number of amides is 2. The molecule has 0 aromatic heterocycles. The van der Waals surface area contributed by atoms with E-state index in [0.29, 0.717) is 35.5 Å². The molecule has 0 saturated carbocycles. The Morgan fingerprint density at radius 1 is 1.17 bits per heavy atom. The average molecular weight is 373 g/mol. The minimum atomic E-state index is -0.544. The van der Waals surface area contributed by atoms with E-state index in [1.807, 2.05) is 26.8 Å². The predicted octanol–water partition coefficient (Wildman–Crippen LogP) is 4.28. The van der Waals surface area contributed by atoms with Crippen molar-refractivity contribution in [2.75, 3.05) is 6.54 Å². The third-order valence-electron chi connectivity index (χ3n) is 3.65. The molecule has 0 saturated heterocycles. The van der Waals surface area contributed by atoms with Crippen LogP contribution in [0.4, 0.5) is 0 Å². The molecule has 6 heteroatoms. The molecule has 0 spiro atoms. The van der Waals surface area contributed by atoms with E-state index in [9.17, 15) is 9.59 Å². The smallest absolute Gasteiger partial charge is 0.242 e. The summed E-state index contributed by atoms with van der Waals surface area (Å²) in [5.74, 6) is 0.167. The quantitative estimate of drug-likeness (QED) is 0.739. The van der Waals surface area contributed by atoms with Crippen molar-refractivity contribution in [3.05, 3.63) is 33.8 Å². The van der Waals surface area contributed by atoms with Crippen LogP contribution in [-0.2, 0) is 16.1 Å². The lowest BCUT2D eigenvalue weighted by atomic mass is 10.1. The van der Waals surface area contributed by atoms with Gasteiger partial charge in [0.05, 0.1) is 10.0 Å². The van der Waals surface area contributed by atoms with Gasteiger partial charge in [-0.25, -0.2) is 0 Å². The number of benzene rings is 1. The Morgan fingerprint density at radius 3 is 2.38 bits per heavy atom. The molecule has 0 heterocycles. The van der Waals surface area contributed by atoms with E-state index in [1.54, 1.807) is 24.0 Å². The van der Waals surface area contributed by atoms with E-state index in [-0.39, 0.29) is 11.8 Å². The summed E-state index contributed by atoms with van der Waals surface area (Å²) in [7, 11) is 0. The Bertz CT molecular complexity index is 576. The summed E-state index contributed by atoms with van der Waals surface area (Å²) in [5.41, 5.74) is 0.845. The number of carbonyl (C=O) groups is 2. The van der Waals surface area contributed by atoms with E-state index in [0.717, 1.165) is 12.0 Å². The summed E-state index contributed by atoms with van der Waals surface area (Å²) in [5, 5.41) is 3.79. The van der Waals surface area contributed by atoms with Crippen molar-refractivity contribution in [1.82, 2.24) is 10.2 Å². The molecule has 1 aromatic rings. The zero-order valence-electron chi connectivity index (χ0n) is 14.7. The SMILES string of the molecule is CCCC(=O)N(Cc1ccc(Cl)c(Cl)c1)[C@H](C)C(=O)NCC(C)C. The second kappa shape index (κ2) is 9.90. The molecular formula is C18H26Cl2N2O2. The summed E-state index contributed by atoms with van der Waals surface area (Å²) in [4.78, 5) is 26.4. The van der Waals surface area contributed by atoms with Gasteiger partial charge in [-0.05, 0) is 37.0 Å². The third-order valence-corrected chi connectivity index (χ3v) is 4.39. The molecule has 2 amide bonds. The fourth-order valence-corrected chi connectivity index (χ4v) is 2.55. The zero-order chi connectivity index (χ0) is 18.3. The molecular weight excluding hydrogens is 347 g/mol. The number of halogens is 2. The normalized spacial score (nSPS) is 12.1. The van der Waals surface area contributed by atoms with Gasteiger partial charge in [0.1, 0.15) is 6.04 Å². The van der Waals surface area contributed by atoms with Crippen LogP contribution in [0.5, 0.6) is 0 Å². The van der Waals surface area contributed by atoms with Gasteiger partial charge in [-0.15, -0.1) is 0 Å². The van der Waals surface area contributed by atoms with Gasteiger partial charge in [0.25, 0.3) is 0 Å². The van der Waals surface area contributed by atoms with Gasteiger partial charge in [0.2, 0.25) is 11.8 Å². The fraction of sp³-hybridized carbons (Fsp3) is 0.556. The van der Waals surface area contributed by atoms with E-state index >= 15 is 0 Å². The lowest BCUT2D eigenvalue weighted by molar-refractivity contribution is -0.140. The molecule has 0 bridgehead atoms. The first-order valence-corrected chi connectivity index (χ1v) is 9.02. The molecule has 0 aliphatic rings. The van der Waals surface area contributed by atoms with Crippen LogP contribution in [0.2, 0.25) is 10.0 Å².